The zero-order chi connectivity index (χ0) is 10.3. The van der Waals surface area contributed by atoms with E-state index in [1.807, 2.05) is 0 Å². The van der Waals surface area contributed by atoms with Crippen LogP contribution in [-0.4, -0.2) is 36.7 Å². The van der Waals surface area contributed by atoms with E-state index in [1.54, 1.807) is 0 Å². The zero-order valence-corrected chi connectivity index (χ0v) is 8.92. The van der Waals surface area contributed by atoms with Crippen molar-refractivity contribution in [2.75, 3.05) is 13.1 Å². The molecule has 0 aromatic rings. The number of carbonyl (C=O) groups excluding carboxylic acids is 1. The monoisotopic (exact) mass is 210 g/mol. The molecule has 2 saturated heterocycles. The molecule has 1 atom stereocenters. The highest BCUT2D eigenvalue weighted by atomic mass is 16.5. The molecule has 0 aromatic heterocycles. The van der Waals surface area contributed by atoms with Crippen LogP contribution in [0.4, 0.5) is 0 Å². The minimum atomic E-state index is -0.187. The molecule has 1 saturated carbocycles. The van der Waals surface area contributed by atoms with E-state index in [9.17, 15) is 4.79 Å². The van der Waals surface area contributed by atoms with E-state index in [0.717, 1.165) is 38.8 Å². The Hall–Kier alpha value is -0.610. The van der Waals surface area contributed by atoms with Gasteiger partial charge in [0.1, 0.15) is 6.10 Å². The highest BCUT2D eigenvalue weighted by Crippen LogP contribution is 2.33. The molecule has 1 amide bonds. The SMILES string of the molecule is O=C(NC1CCC1)[C@H]1CCC2(CNC2)O1. The Balaban J connectivity index is 1.52. The van der Waals surface area contributed by atoms with Crippen LogP contribution < -0.4 is 10.6 Å². The largest absolute Gasteiger partial charge is 0.359 e. The summed E-state index contributed by atoms with van der Waals surface area (Å²) in [5, 5.41) is 6.27. The van der Waals surface area contributed by atoms with Gasteiger partial charge in [0.05, 0.1) is 5.60 Å². The standard InChI is InChI=1S/C11H18N2O2/c14-10(13-8-2-1-3-8)9-4-5-11(15-9)6-12-7-11/h8-9,12H,1-7H2,(H,13,14)/t9-/m1/s1. The van der Waals surface area contributed by atoms with Crippen LogP contribution in [0.5, 0.6) is 0 Å². The highest BCUT2D eigenvalue weighted by Gasteiger charge is 2.47. The molecular formula is C11H18N2O2. The Morgan fingerprint density at radius 2 is 2.13 bits per heavy atom. The van der Waals surface area contributed by atoms with Crippen molar-refractivity contribution in [2.24, 2.45) is 0 Å². The smallest absolute Gasteiger partial charge is 0.249 e. The van der Waals surface area contributed by atoms with Gasteiger partial charge in [0.15, 0.2) is 0 Å². The summed E-state index contributed by atoms with van der Waals surface area (Å²) in [5.41, 5.74) is 0.00161. The third-order valence-corrected chi connectivity index (χ3v) is 3.89. The van der Waals surface area contributed by atoms with Crippen LogP contribution in [0.15, 0.2) is 0 Å². The molecule has 3 rings (SSSR count). The van der Waals surface area contributed by atoms with Gasteiger partial charge >= 0.3 is 0 Å². The predicted molar refractivity (Wildman–Crippen MR) is 55.5 cm³/mol. The molecule has 3 fully saturated rings. The van der Waals surface area contributed by atoms with Gasteiger partial charge in [0.25, 0.3) is 0 Å². The lowest BCUT2D eigenvalue weighted by atomic mass is 9.92. The number of rotatable bonds is 2. The van der Waals surface area contributed by atoms with Crippen molar-refractivity contribution in [1.29, 1.82) is 0 Å². The van der Waals surface area contributed by atoms with Crippen molar-refractivity contribution in [3.05, 3.63) is 0 Å². The van der Waals surface area contributed by atoms with Crippen molar-refractivity contribution >= 4 is 5.91 Å². The lowest BCUT2D eigenvalue weighted by Gasteiger charge is -2.38. The van der Waals surface area contributed by atoms with Gasteiger partial charge in [-0.1, -0.05) is 0 Å². The third kappa shape index (κ3) is 1.66. The van der Waals surface area contributed by atoms with E-state index in [0.29, 0.717) is 6.04 Å². The molecule has 0 aromatic carbocycles. The fraction of sp³-hybridized carbons (Fsp3) is 0.909. The van der Waals surface area contributed by atoms with E-state index < -0.39 is 0 Å². The third-order valence-electron chi connectivity index (χ3n) is 3.89. The first-order valence-corrected chi connectivity index (χ1v) is 5.96. The first-order chi connectivity index (χ1) is 7.27. The topological polar surface area (TPSA) is 50.4 Å². The van der Waals surface area contributed by atoms with Crippen molar-refractivity contribution in [3.8, 4) is 0 Å². The number of hydrogen-bond donors (Lipinski definition) is 2. The molecule has 15 heavy (non-hydrogen) atoms. The van der Waals surface area contributed by atoms with Gasteiger partial charge in [-0.05, 0) is 32.1 Å². The Morgan fingerprint density at radius 1 is 1.33 bits per heavy atom. The maximum absolute atomic E-state index is 11.8. The van der Waals surface area contributed by atoms with E-state index in [4.69, 9.17) is 4.74 Å². The van der Waals surface area contributed by atoms with Crippen LogP contribution in [-0.2, 0) is 9.53 Å². The summed E-state index contributed by atoms with van der Waals surface area (Å²) in [4.78, 5) is 11.8. The second-order valence-electron chi connectivity index (χ2n) is 5.07. The van der Waals surface area contributed by atoms with Crippen LogP contribution in [0.1, 0.15) is 32.1 Å². The Labute approximate surface area is 89.7 Å². The maximum Gasteiger partial charge on any atom is 0.249 e. The molecule has 0 bridgehead atoms. The van der Waals surface area contributed by atoms with E-state index >= 15 is 0 Å². The van der Waals surface area contributed by atoms with Crippen LogP contribution in [0.3, 0.4) is 0 Å². The van der Waals surface area contributed by atoms with Crippen LogP contribution in [0, 0.1) is 0 Å². The molecule has 0 radical (unpaired) electrons. The number of nitrogens with one attached hydrogen (secondary N) is 2. The quantitative estimate of drug-likeness (QED) is 0.683. The number of amides is 1. The number of hydrogen-bond acceptors (Lipinski definition) is 3. The van der Waals surface area contributed by atoms with Gasteiger partial charge in [-0.3, -0.25) is 4.79 Å². The first kappa shape index (κ1) is 9.60. The van der Waals surface area contributed by atoms with Crippen molar-refractivity contribution in [2.45, 2.75) is 49.9 Å². The lowest BCUT2D eigenvalue weighted by molar-refractivity contribution is -0.141. The van der Waals surface area contributed by atoms with E-state index in [1.165, 1.54) is 6.42 Å². The van der Waals surface area contributed by atoms with Crippen molar-refractivity contribution < 1.29 is 9.53 Å². The van der Waals surface area contributed by atoms with Crippen LogP contribution in [0.25, 0.3) is 0 Å². The van der Waals surface area contributed by atoms with Crippen molar-refractivity contribution in [1.82, 2.24) is 10.6 Å². The molecule has 84 valence electrons. The molecular weight excluding hydrogens is 192 g/mol. The van der Waals surface area contributed by atoms with Gasteiger partial charge in [0, 0.05) is 19.1 Å². The molecule has 1 aliphatic carbocycles. The average Bonchev–Trinajstić information content (AvgIpc) is 2.54. The summed E-state index contributed by atoms with van der Waals surface area (Å²) < 4.78 is 5.84. The Kier molecular flexibility index (Phi) is 2.21. The minimum Gasteiger partial charge on any atom is -0.359 e. The van der Waals surface area contributed by atoms with Gasteiger partial charge < -0.3 is 15.4 Å². The predicted octanol–water partition coefficient (Wildman–Crippen LogP) is 0.176. The minimum absolute atomic E-state index is 0.00161. The van der Waals surface area contributed by atoms with Gasteiger partial charge in [-0.25, -0.2) is 0 Å². The summed E-state index contributed by atoms with van der Waals surface area (Å²) in [5.74, 6) is 0.114. The first-order valence-electron chi connectivity index (χ1n) is 5.96. The van der Waals surface area contributed by atoms with Gasteiger partial charge in [-0.2, -0.15) is 0 Å². The summed E-state index contributed by atoms with van der Waals surface area (Å²) in [6, 6.07) is 0.428. The fourth-order valence-corrected chi connectivity index (χ4v) is 2.51. The molecule has 0 unspecified atom stereocenters. The molecule has 1 spiro atoms. The number of carbonyl (C=O) groups is 1. The molecule has 4 nitrogen and oxygen atoms in total. The van der Waals surface area contributed by atoms with Crippen LogP contribution in [0.2, 0.25) is 0 Å². The molecule has 2 heterocycles. The highest BCUT2D eigenvalue weighted by molar-refractivity contribution is 5.81. The molecule has 3 aliphatic rings. The Morgan fingerprint density at radius 3 is 2.60 bits per heavy atom. The average molecular weight is 210 g/mol. The van der Waals surface area contributed by atoms with Crippen molar-refractivity contribution in [3.63, 3.8) is 0 Å². The molecule has 4 heteroatoms. The summed E-state index contributed by atoms with van der Waals surface area (Å²) >= 11 is 0. The van der Waals surface area contributed by atoms with E-state index in [2.05, 4.69) is 10.6 Å². The van der Waals surface area contributed by atoms with Gasteiger partial charge in [0.2, 0.25) is 5.91 Å². The Bertz CT molecular complexity index is 272. The normalized spacial score (nSPS) is 33.5. The molecule has 2 N–H and O–H groups in total. The van der Waals surface area contributed by atoms with Gasteiger partial charge in [-0.15, -0.1) is 0 Å². The van der Waals surface area contributed by atoms with E-state index in [-0.39, 0.29) is 17.6 Å². The summed E-state index contributed by atoms with van der Waals surface area (Å²) in [7, 11) is 0. The maximum atomic E-state index is 11.8. The molecule has 2 aliphatic heterocycles. The second-order valence-corrected chi connectivity index (χ2v) is 5.07. The second kappa shape index (κ2) is 3.46. The lowest BCUT2D eigenvalue weighted by Crippen LogP contribution is -2.60. The number of ether oxygens (including phenoxy) is 1. The summed E-state index contributed by atoms with van der Waals surface area (Å²) in [6.45, 7) is 1.83. The fourth-order valence-electron chi connectivity index (χ4n) is 2.51. The zero-order valence-electron chi connectivity index (χ0n) is 8.92. The van der Waals surface area contributed by atoms with Crippen LogP contribution >= 0.6 is 0 Å². The summed E-state index contributed by atoms with van der Waals surface area (Å²) in [6.07, 6.45) is 5.27.